The van der Waals surface area contributed by atoms with Crippen molar-refractivity contribution in [1.82, 2.24) is 0 Å². The maximum atomic E-state index is 2.42. The van der Waals surface area contributed by atoms with Crippen molar-refractivity contribution in [2.75, 3.05) is 0 Å². The fraction of sp³-hybridized carbons (Fsp3) is 1.00. The van der Waals surface area contributed by atoms with E-state index >= 15 is 0 Å². The highest BCUT2D eigenvalue weighted by molar-refractivity contribution is 5.09. The van der Waals surface area contributed by atoms with E-state index in [2.05, 4.69) is 41.5 Å². The lowest BCUT2D eigenvalue weighted by Gasteiger charge is -2.17. The molecule has 0 heterocycles. The van der Waals surface area contributed by atoms with Crippen LogP contribution in [-0.4, -0.2) is 0 Å². The second-order valence-corrected chi connectivity index (χ2v) is 21.8. The van der Waals surface area contributed by atoms with Crippen LogP contribution in [0.2, 0.25) is 0 Å². The highest BCUT2D eigenvalue weighted by atomic mass is 14.7. The van der Waals surface area contributed by atoms with Crippen LogP contribution in [0.15, 0.2) is 0 Å². The molecule has 0 aliphatic heterocycles. The van der Waals surface area contributed by atoms with Gasteiger partial charge in [-0.25, -0.2) is 0 Å². The maximum absolute atomic E-state index is 2.42. The zero-order valence-corrected chi connectivity index (χ0v) is 32.4. The van der Waals surface area contributed by atoms with Crippen molar-refractivity contribution >= 4 is 0 Å². The molecule has 14 atom stereocenters. The SMILES string of the molecule is C1CC2CC2C1.C1CCC2CC2C1.CC1(C)CC2CC2C1.CC1C2CC12.CC1C2CCC12.CC1C2CCCC12.CC1C2CCCCC12. The normalized spacial score (nSPS) is 55.0. The molecular weight excluding hydrogens is 565 g/mol. The van der Waals surface area contributed by atoms with Crippen LogP contribution in [-0.2, 0) is 0 Å². The fourth-order valence-corrected chi connectivity index (χ4v) is 13.2. The van der Waals surface area contributed by atoms with Gasteiger partial charge < -0.3 is 0 Å². The summed E-state index contributed by atoms with van der Waals surface area (Å²) in [6.45, 7) is 14.3. The van der Waals surface area contributed by atoms with Crippen molar-refractivity contribution < 1.29 is 0 Å². The molecule has 0 heteroatoms. The Bertz CT molecular complexity index is 950. The molecule has 0 bridgehead atoms. The standard InChI is InChI=1S/2C8H14.2C7H12.2C6H10.C5H8/c1-8(2)4-6-3-7(6)5-8;1-6-7-4-2-3-5-8(6)7;1-5-6-3-2-4-7(5)6;1-2-4-7-5-6(7)3-1;1-4-5-2-3-6(4)5;1-2-5-4-6(5)3-1;1-3-4-2-5(3)4/h6-7H,3-5H2,1-2H3;6-8H,2-5H2,1H3;5-7H,2-4H2,1H3;6-7H,1-5H2;4-6H,2-3H2,1H3;5-6H,1-4H2;3-5H,2H2,1H3. The molecule has 14 saturated carbocycles. The van der Waals surface area contributed by atoms with Crippen molar-refractivity contribution in [2.24, 2.45) is 112 Å². The van der Waals surface area contributed by atoms with Gasteiger partial charge in [0.25, 0.3) is 0 Å². The summed E-state index contributed by atoms with van der Waals surface area (Å²) in [6, 6.07) is 0. The van der Waals surface area contributed by atoms with Crippen LogP contribution < -0.4 is 0 Å². The number of fused-ring (bicyclic) bond motifs is 7. The zero-order valence-electron chi connectivity index (χ0n) is 32.4. The van der Waals surface area contributed by atoms with Gasteiger partial charge in [0.2, 0.25) is 0 Å². The summed E-state index contributed by atoms with van der Waals surface area (Å²) in [7, 11) is 0. The van der Waals surface area contributed by atoms with E-state index in [-0.39, 0.29) is 0 Å². The number of hydrogen-bond acceptors (Lipinski definition) is 0. The third-order valence-electron chi connectivity index (χ3n) is 18.0. The third kappa shape index (κ3) is 8.73. The van der Waals surface area contributed by atoms with Gasteiger partial charge in [-0.15, -0.1) is 0 Å². The highest BCUT2D eigenvalue weighted by Gasteiger charge is 2.61. The number of rotatable bonds is 0. The average molecular weight is 645 g/mol. The fourth-order valence-electron chi connectivity index (χ4n) is 13.2. The monoisotopic (exact) mass is 645 g/mol. The highest BCUT2D eigenvalue weighted by Crippen LogP contribution is 2.67. The minimum Gasteiger partial charge on any atom is -0.0620 e. The van der Waals surface area contributed by atoms with Crippen LogP contribution in [0.25, 0.3) is 0 Å². The van der Waals surface area contributed by atoms with Gasteiger partial charge in [-0.1, -0.05) is 106 Å². The van der Waals surface area contributed by atoms with Crippen molar-refractivity contribution in [3.05, 3.63) is 0 Å². The van der Waals surface area contributed by atoms with Gasteiger partial charge in [-0.3, -0.25) is 0 Å². The molecule has 0 spiro atoms. The molecule has 14 aliphatic rings. The summed E-state index contributed by atoms with van der Waals surface area (Å²) in [4.78, 5) is 0. The topological polar surface area (TPSA) is 0 Å². The molecule has 14 unspecified atom stereocenters. The van der Waals surface area contributed by atoms with Crippen LogP contribution in [0.4, 0.5) is 0 Å². The smallest absolute Gasteiger partial charge is 0.0349 e. The van der Waals surface area contributed by atoms with Crippen LogP contribution >= 0.6 is 0 Å². The average Bonchev–Trinajstić information content (AvgIpc) is 3.77. The predicted octanol–water partition coefficient (Wildman–Crippen LogP) is 13.9. The second-order valence-electron chi connectivity index (χ2n) is 21.8. The van der Waals surface area contributed by atoms with Gasteiger partial charge >= 0.3 is 0 Å². The summed E-state index contributed by atoms with van der Waals surface area (Å²) in [5.41, 5.74) is 0.716. The molecule has 0 amide bonds. The summed E-state index contributed by atoms with van der Waals surface area (Å²) in [5.74, 6) is 21.2. The maximum Gasteiger partial charge on any atom is -0.0349 e. The van der Waals surface area contributed by atoms with Crippen molar-refractivity contribution in [3.63, 3.8) is 0 Å². The summed E-state index contributed by atoms with van der Waals surface area (Å²) in [6.07, 6.45) is 34.0. The summed E-state index contributed by atoms with van der Waals surface area (Å²) >= 11 is 0. The Hall–Kier alpha value is 0. The van der Waals surface area contributed by atoms with E-state index in [1.54, 1.807) is 89.9 Å². The van der Waals surface area contributed by atoms with E-state index in [4.69, 9.17) is 0 Å². The van der Waals surface area contributed by atoms with Crippen LogP contribution in [0, 0.1) is 112 Å². The van der Waals surface area contributed by atoms with E-state index in [1.165, 1.54) is 122 Å². The largest absolute Gasteiger partial charge is 0.0620 e. The van der Waals surface area contributed by atoms with Crippen LogP contribution in [0.5, 0.6) is 0 Å². The van der Waals surface area contributed by atoms with Gasteiger partial charge in [0, 0.05) is 0 Å². The summed E-state index contributed by atoms with van der Waals surface area (Å²) in [5, 5.41) is 0. The van der Waals surface area contributed by atoms with Crippen molar-refractivity contribution in [3.8, 4) is 0 Å². The predicted molar refractivity (Wildman–Crippen MR) is 201 cm³/mol. The Morgan fingerprint density at radius 3 is 0.830 bits per heavy atom. The Morgan fingerprint density at radius 2 is 0.596 bits per heavy atom. The molecule has 14 fully saturated rings. The lowest BCUT2D eigenvalue weighted by atomic mass is 9.88. The van der Waals surface area contributed by atoms with Crippen LogP contribution in [0.3, 0.4) is 0 Å². The van der Waals surface area contributed by atoms with E-state index in [1.807, 2.05) is 0 Å². The van der Waals surface area contributed by atoms with Gasteiger partial charge in [0.15, 0.2) is 0 Å². The first kappa shape index (κ1) is 34.1. The Balaban J connectivity index is 0.0000000808. The van der Waals surface area contributed by atoms with Crippen molar-refractivity contribution in [1.29, 1.82) is 0 Å². The van der Waals surface area contributed by atoms with Gasteiger partial charge in [0.05, 0.1) is 0 Å². The third-order valence-corrected chi connectivity index (χ3v) is 18.0. The quantitative estimate of drug-likeness (QED) is 0.246. The molecular formula is C47H80. The molecule has 0 aromatic carbocycles. The molecule has 268 valence electrons. The van der Waals surface area contributed by atoms with Crippen LogP contribution in [0.1, 0.15) is 183 Å². The van der Waals surface area contributed by atoms with E-state index in [0.29, 0.717) is 5.41 Å². The minimum atomic E-state index is 0.716. The van der Waals surface area contributed by atoms with Crippen molar-refractivity contribution in [2.45, 2.75) is 183 Å². The molecule has 0 aromatic rings. The molecule has 0 aromatic heterocycles. The van der Waals surface area contributed by atoms with E-state index < -0.39 is 0 Å². The van der Waals surface area contributed by atoms with Gasteiger partial charge in [0.1, 0.15) is 0 Å². The molecule has 0 N–H and O–H groups in total. The lowest BCUT2D eigenvalue weighted by Crippen LogP contribution is -2.06. The van der Waals surface area contributed by atoms with Gasteiger partial charge in [-0.2, -0.15) is 0 Å². The van der Waals surface area contributed by atoms with E-state index in [9.17, 15) is 0 Å². The summed E-state index contributed by atoms with van der Waals surface area (Å²) < 4.78 is 0. The Morgan fingerprint density at radius 1 is 0.298 bits per heavy atom. The molecule has 47 heavy (non-hydrogen) atoms. The molecule has 14 rings (SSSR count). The second kappa shape index (κ2) is 13.9. The minimum absolute atomic E-state index is 0.716. The first-order chi connectivity index (χ1) is 22.7. The first-order valence-electron chi connectivity index (χ1n) is 22.7. The zero-order chi connectivity index (χ0) is 32.4. The Labute approximate surface area is 293 Å². The molecule has 0 radical (unpaired) electrons. The molecule has 0 nitrogen and oxygen atoms in total. The lowest BCUT2D eigenvalue weighted by molar-refractivity contribution is 0.338. The molecule has 14 aliphatic carbocycles. The van der Waals surface area contributed by atoms with Gasteiger partial charge in [-0.05, 0) is 189 Å². The van der Waals surface area contributed by atoms with E-state index in [0.717, 1.165) is 35.5 Å². The number of hydrogen-bond donors (Lipinski definition) is 0. The first-order valence-corrected chi connectivity index (χ1v) is 22.7. The Kier molecular flexibility index (Phi) is 10.1. The molecule has 0 saturated heterocycles.